The Bertz CT molecular complexity index is 390. The molecular weight excluding hydrogens is 288 g/mol. The van der Waals surface area contributed by atoms with Crippen LogP contribution in [0.1, 0.15) is 49.9 Å². The van der Waals surface area contributed by atoms with Gasteiger partial charge in [-0.25, -0.2) is 4.79 Å². The average Bonchev–Trinajstić information content (AvgIpc) is 2.44. The fourth-order valence-corrected chi connectivity index (χ4v) is 2.15. The molecule has 0 aliphatic rings. The number of anilines is 1. The molecule has 1 rings (SSSR count). The predicted molar refractivity (Wildman–Crippen MR) is 90.0 cm³/mol. The first kappa shape index (κ1) is 19.7. The molecule has 0 saturated heterocycles. The number of esters is 1. The van der Waals surface area contributed by atoms with Gasteiger partial charge in [0.1, 0.15) is 6.61 Å². The van der Waals surface area contributed by atoms with Crippen molar-refractivity contribution in [2.75, 3.05) is 18.9 Å². The van der Waals surface area contributed by atoms with Crippen LogP contribution in [0.2, 0.25) is 0 Å². The second-order valence-electron chi connectivity index (χ2n) is 4.99. The fourth-order valence-electron chi connectivity index (χ4n) is 2.15. The molecule has 0 aliphatic carbocycles. The lowest BCUT2D eigenvalue weighted by atomic mass is 10.1. The van der Waals surface area contributed by atoms with E-state index in [1.54, 1.807) is 24.3 Å². The number of nitrogens with two attached hydrogens (primary N) is 1. The second kappa shape index (κ2) is 11.4. The van der Waals surface area contributed by atoms with E-state index in [4.69, 9.17) is 10.5 Å². The third-order valence-corrected chi connectivity index (χ3v) is 3.19. The van der Waals surface area contributed by atoms with Crippen LogP contribution in [0.25, 0.3) is 0 Å². The Labute approximate surface area is 133 Å². The van der Waals surface area contributed by atoms with Crippen molar-refractivity contribution in [3.05, 3.63) is 29.8 Å². The number of hydrogen-bond donors (Lipinski definition) is 2. The summed E-state index contributed by atoms with van der Waals surface area (Å²) in [7, 11) is 0. The van der Waals surface area contributed by atoms with Crippen LogP contribution < -0.4 is 11.1 Å². The van der Waals surface area contributed by atoms with Gasteiger partial charge in [0.15, 0.2) is 0 Å². The molecule has 21 heavy (non-hydrogen) atoms. The topological polar surface area (TPSA) is 64.3 Å². The molecule has 5 heteroatoms. The monoisotopic (exact) mass is 314 g/mol. The number of carbonyl (C=O) groups is 1. The maximum atomic E-state index is 11.8. The van der Waals surface area contributed by atoms with Crippen molar-refractivity contribution in [1.29, 1.82) is 0 Å². The van der Waals surface area contributed by atoms with Gasteiger partial charge >= 0.3 is 5.97 Å². The molecule has 0 unspecified atom stereocenters. The summed E-state index contributed by atoms with van der Waals surface area (Å²) < 4.78 is 5.23. The quantitative estimate of drug-likeness (QED) is 0.416. The number of nitrogen functional groups attached to an aromatic ring is 1. The lowest BCUT2D eigenvalue weighted by molar-refractivity contribution is 0.0505. The smallest absolute Gasteiger partial charge is 0.338 e. The van der Waals surface area contributed by atoms with Crippen LogP contribution in [-0.2, 0) is 4.74 Å². The van der Waals surface area contributed by atoms with Crippen molar-refractivity contribution in [1.82, 2.24) is 5.32 Å². The van der Waals surface area contributed by atoms with Crippen LogP contribution in [0, 0.1) is 0 Å². The first-order valence-corrected chi connectivity index (χ1v) is 7.43. The molecule has 0 aromatic heterocycles. The molecule has 3 N–H and O–H groups in total. The van der Waals surface area contributed by atoms with E-state index in [2.05, 4.69) is 19.2 Å². The highest BCUT2D eigenvalue weighted by Gasteiger charge is 2.08. The highest BCUT2D eigenvalue weighted by atomic mass is 35.5. The first-order valence-electron chi connectivity index (χ1n) is 7.43. The maximum absolute atomic E-state index is 11.8. The van der Waals surface area contributed by atoms with Gasteiger partial charge in [0.05, 0.1) is 5.56 Å². The normalized spacial score (nSPS) is 10.2. The van der Waals surface area contributed by atoms with Crippen molar-refractivity contribution in [3.63, 3.8) is 0 Å². The number of nitrogens with one attached hydrogen (secondary N) is 1. The SMILES string of the molecule is CCCC(CCC)NCCOC(=O)c1ccc(N)cc1.Cl. The molecular formula is C16H27ClN2O2. The van der Waals surface area contributed by atoms with Crippen molar-refractivity contribution in [3.8, 4) is 0 Å². The van der Waals surface area contributed by atoms with Crippen molar-refractivity contribution in [2.45, 2.75) is 45.6 Å². The van der Waals surface area contributed by atoms with E-state index in [0.29, 0.717) is 30.4 Å². The largest absolute Gasteiger partial charge is 0.461 e. The Morgan fingerprint density at radius 2 is 1.76 bits per heavy atom. The maximum Gasteiger partial charge on any atom is 0.338 e. The standard InChI is InChI=1S/C16H26N2O2.ClH/c1-3-5-15(6-4-2)18-11-12-20-16(19)13-7-9-14(17)10-8-13;/h7-10,15,18H,3-6,11-12,17H2,1-2H3;1H. The summed E-state index contributed by atoms with van der Waals surface area (Å²) in [5.74, 6) is -0.297. The van der Waals surface area contributed by atoms with Crippen molar-refractivity contribution >= 4 is 24.1 Å². The molecule has 0 radical (unpaired) electrons. The number of benzene rings is 1. The number of halogens is 1. The van der Waals surface area contributed by atoms with Gasteiger partial charge < -0.3 is 15.8 Å². The molecule has 0 bridgehead atoms. The van der Waals surface area contributed by atoms with E-state index in [1.165, 1.54) is 25.7 Å². The zero-order valence-electron chi connectivity index (χ0n) is 12.9. The molecule has 0 amide bonds. The van der Waals surface area contributed by atoms with Crippen LogP contribution >= 0.6 is 12.4 Å². The lowest BCUT2D eigenvalue weighted by Gasteiger charge is -2.17. The summed E-state index contributed by atoms with van der Waals surface area (Å²) in [5.41, 5.74) is 6.76. The Morgan fingerprint density at radius 1 is 1.19 bits per heavy atom. The number of hydrogen-bond acceptors (Lipinski definition) is 4. The summed E-state index contributed by atoms with van der Waals surface area (Å²) in [6.07, 6.45) is 4.67. The highest BCUT2D eigenvalue weighted by Crippen LogP contribution is 2.07. The molecule has 0 saturated carbocycles. The minimum atomic E-state index is -0.297. The van der Waals surface area contributed by atoms with E-state index in [-0.39, 0.29) is 18.4 Å². The summed E-state index contributed by atoms with van der Waals surface area (Å²) in [6, 6.07) is 7.30. The molecule has 1 aromatic carbocycles. The average molecular weight is 315 g/mol. The molecule has 1 aromatic rings. The van der Waals surface area contributed by atoms with Gasteiger partial charge in [0, 0.05) is 18.3 Å². The predicted octanol–water partition coefficient (Wildman–Crippen LogP) is 3.41. The Hall–Kier alpha value is -1.26. The van der Waals surface area contributed by atoms with Crippen molar-refractivity contribution in [2.24, 2.45) is 0 Å². The zero-order chi connectivity index (χ0) is 14.8. The van der Waals surface area contributed by atoms with Crippen molar-refractivity contribution < 1.29 is 9.53 Å². The van der Waals surface area contributed by atoms with Gasteiger partial charge in [0.25, 0.3) is 0 Å². The number of rotatable bonds is 9. The van der Waals surface area contributed by atoms with Gasteiger partial charge in [-0.1, -0.05) is 26.7 Å². The van der Waals surface area contributed by atoms with Gasteiger partial charge in [-0.15, -0.1) is 12.4 Å². The minimum Gasteiger partial charge on any atom is -0.461 e. The number of carbonyl (C=O) groups excluding carboxylic acids is 1. The van der Waals surface area contributed by atoms with Gasteiger partial charge in [-0.2, -0.15) is 0 Å². The summed E-state index contributed by atoms with van der Waals surface area (Å²) >= 11 is 0. The molecule has 0 spiro atoms. The van der Waals surface area contributed by atoms with Gasteiger partial charge in [0.2, 0.25) is 0 Å². The first-order chi connectivity index (χ1) is 9.67. The number of ether oxygens (including phenoxy) is 1. The van der Waals surface area contributed by atoms with Gasteiger partial charge in [-0.3, -0.25) is 0 Å². The third-order valence-electron chi connectivity index (χ3n) is 3.19. The van der Waals surface area contributed by atoms with Crippen LogP contribution in [0.5, 0.6) is 0 Å². The van der Waals surface area contributed by atoms with E-state index in [1.807, 2.05) is 0 Å². The highest BCUT2D eigenvalue weighted by molar-refractivity contribution is 5.89. The molecule has 0 heterocycles. The van der Waals surface area contributed by atoms with Crippen LogP contribution in [0.15, 0.2) is 24.3 Å². The molecule has 120 valence electrons. The van der Waals surface area contributed by atoms with Gasteiger partial charge in [-0.05, 0) is 37.1 Å². The summed E-state index contributed by atoms with van der Waals surface area (Å²) in [4.78, 5) is 11.8. The fraction of sp³-hybridized carbons (Fsp3) is 0.562. The molecule has 0 atom stereocenters. The summed E-state index contributed by atoms with van der Waals surface area (Å²) in [6.45, 7) is 5.47. The summed E-state index contributed by atoms with van der Waals surface area (Å²) in [5, 5.41) is 3.44. The van der Waals surface area contributed by atoms with E-state index < -0.39 is 0 Å². The Kier molecular flexibility index (Phi) is 10.7. The zero-order valence-corrected chi connectivity index (χ0v) is 13.7. The molecule has 0 fully saturated rings. The Balaban J connectivity index is 0.00000400. The molecule has 4 nitrogen and oxygen atoms in total. The second-order valence-corrected chi connectivity index (χ2v) is 4.99. The minimum absolute atomic E-state index is 0. The molecule has 0 aliphatic heterocycles. The van der Waals surface area contributed by atoms with E-state index in [9.17, 15) is 4.79 Å². The lowest BCUT2D eigenvalue weighted by Crippen LogP contribution is -2.32. The van der Waals surface area contributed by atoms with E-state index in [0.717, 1.165) is 0 Å². The van der Waals surface area contributed by atoms with E-state index >= 15 is 0 Å². The third kappa shape index (κ3) is 7.93. The van der Waals surface area contributed by atoms with Crippen LogP contribution in [0.3, 0.4) is 0 Å². The Morgan fingerprint density at radius 3 is 2.29 bits per heavy atom. The van der Waals surface area contributed by atoms with Crippen LogP contribution in [-0.4, -0.2) is 25.2 Å². The van der Waals surface area contributed by atoms with Crippen LogP contribution in [0.4, 0.5) is 5.69 Å².